The van der Waals surface area contributed by atoms with Gasteiger partial charge in [-0.2, -0.15) is 5.26 Å². The van der Waals surface area contributed by atoms with Gasteiger partial charge in [-0.3, -0.25) is 9.36 Å². The van der Waals surface area contributed by atoms with E-state index in [0.717, 1.165) is 5.69 Å². The number of rotatable bonds is 7. The van der Waals surface area contributed by atoms with Crippen LogP contribution in [-0.2, 0) is 0 Å². The molecule has 11 nitrogen and oxygen atoms in total. The number of imidazole rings is 1. The number of amides is 1. The largest absolute Gasteiger partial charge is 0.439 e. The van der Waals surface area contributed by atoms with Crippen LogP contribution in [0, 0.1) is 11.3 Å². The standard InChI is InChI=1S/C24H18N8O3/c25-10-5-11-27-24(33)15-6-4-9-17(12-15)34-20-13-19-18(14-28-20)29-23(21-22(26)31-35-30-21)32(19)16-7-2-1-3-8-16/h1-4,6-9,12-14H,5,11H2,(H2,26,31)(H,27,33). The lowest BCUT2D eigenvalue weighted by Crippen LogP contribution is -2.24. The summed E-state index contributed by atoms with van der Waals surface area (Å²) in [5, 5.41) is 18.9. The van der Waals surface area contributed by atoms with Crippen LogP contribution in [0.5, 0.6) is 11.6 Å². The molecule has 0 aliphatic carbocycles. The summed E-state index contributed by atoms with van der Waals surface area (Å²) in [7, 11) is 0. The number of pyridine rings is 1. The average Bonchev–Trinajstić information content (AvgIpc) is 3.47. The Morgan fingerprint density at radius 2 is 2.00 bits per heavy atom. The third-order valence-corrected chi connectivity index (χ3v) is 5.10. The Bertz CT molecular complexity index is 1550. The molecule has 0 saturated carbocycles. The lowest BCUT2D eigenvalue weighted by atomic mass is 10.2. The van der Waals surface area contributed by atoms with Crippen LogP contribution in [0.2, 0.25) is 0 Å². The summed E-state index contributed by atoms with van der Waals surface area (Å²) in [6.07, 6.45) is 1.81. The summed E-state index contributed by atoms with van der Waals surface area (Å²) in [5.74, 6) is 1.00. The Kier molecular flexibility index (Phi) is 5.75. The van der Waals surface area contributed by atoms with Crippen molar-refractivity contribution < 1.29 is 14.2 Å². The molecule has 3 heterocycles. The number of fused-ring (bicyclic) bond motifs is 1. The highest BCUT2D eigenvalue weighted by Gasteiger charge is 2.21. The number of nitrogens with zero attached hydrogens (tertiary/aromatic N) is 6. The monoisotopic (exact) mass is 466 g/mol. The molecule has 1 amide bonds. The lowest BCUT2D eigenvalue weighted by molar-refractivity contribution is 0.0954. The maximum absolute atomic E-state index is 12.3. The van der Waals surface area contributed by atoms with Gasteiger partial charge in [0, 0.05) is 23.9 Å². The van der Waals surface area contributed by atoms with Crippen molar-refractivity contribution in [2.45, 2.75) is 6.42 Å². The second-order valence-electron chi connectivity index (χ2n) is 7.41. The average molecular weight is 466 g/mol. The number of hydrogen-bond acceptors (Lipinski definition) is 9. The SMILES string of the molecule is N#CCCNC(=O)c1cccc(Oc2cc3c(cn2)nc(-c2nonc2N)n3-c2ccccc2)c1. The van der Waals surface area contributed by atoms with E-state index in [0.29, 0.717) is 39.7 Å². The minimum Gasteiger partial charge on any atom is -0.439 e. The molecule has 0 spiro atoms. The van der Waals surface area contributed by atoms with E-state index < -0.39 is 0 Å². The topological polar surface area (TPSA) is 158 Å². The van der Waals surface area contributed by atoms with Crippen LogP contribution in [0.1, 0.15) is 16.8 Å². The molecular formula is C24H18N8O3. The van der Waals surface area contributed by atoms with Gasteiger partial charge in [0.25, 0.3) is 5.91 Å². The minimum absolute atomic E-state index is 0.117. The number of para-hydroxylation sites is 1. The van der Waals surface area contributed by atoms with Crippen LogP contribution < -0.4 is 15.8 Å². The first kappa shape index (κ1) is 21.6. The number of aromatic nitrogens is 5. The van der Waals surface area contributed by atoms with Gasteiger partial charge in [-0.05, 0) is 40.6 Å². The van der Waals surface area contributed by atoms with Crippen molar-refractivity contribution in [2.75, 3.05) is 12.3 Å². The van der Waals surface area contributed by atoms with Crippen molar-refractivity contribution in [3.8, 4) is 34.9 Å². The highest BCUT2D eigenvalue weighted by molar-refractivity contribution is 5.94. The summed E-state index contributed by atoms with van der Waals surface area (Å²) in [4.78, 5) is 21.3. The molecule has 5 aromatic rings. The molecule has 3 aromatic heterocycles. The van der Waals surface area contributed by atoms with Gasteiger partial charge in [-0.15, -0.1) is 0 Å². The number of nitrogens with one attached hydrogen (secondary N) is 1. The van der Waals surface area contributed by atoms with E-state index in [1.165, 1.54) is 0 Å². The highest BCUT2D eigenvalue weighted by Crippen LogP contribution is 2.32. The molecule has 0 aliphatic heterocycles. The number of nitriles is 1. The van der Waals surface area contributed by atoms with Gasteiger partial charge in [0.05, 0.1) is 24.2 Å². The molecule has 0 atom stereocenters. The molecule has 5 rings (SSSR count). The Hall–Kier alpha value is -5.24. The third-order valence-electron chi connectivity index (χ3n) is 5.10. The molecule has 35 heavy (non-hydrogen) atoms. The van der Waals surface area contributed by atoms with E-state index in [2.05, 4.69) is 25.6 Å². The van der Waals surface area contributed by atoms with Gasteiger partial charge in [0.2, 0.25) is 5.88 Å². The van der Waals surface area contributed by atoms with E-state index >= 15 is 0 Å². The summed E-state index contributed by atoms with van der Waals surface area (Å²) in [6.45, 7) is 0.274. The van der Waals surface area contributed by atoms with Crippen molar-refractivity contribution >= 4 is 22.8 Å². The Morgan fingerprint density at radius 3 is 2.77 bits per heavy atom. The van der Waals surface area contributed by atoms with Gasteiger partial charge in [0.1, 0.15) is 11.3 Å². The molecule has 3 N–H and O–H groups in total. The van der Waals surface area contributed by atoms with Gasteiger partial charge in [0.15, 0.2) is 17.3 Å². The maximum atomic E-state index is 12.3. The molecule has 0 saturated heterocycles. The second-order valence-corrected chi connectivity index (χ2v) is 7.41. The lowest BCUT2D eigenvalue weighted by Gasteiger charge is -2.09. The number of anilines is 1. The zero-order valence-electron chi connectivity index (χ0n) is 18.3. The zero-order valence-corrected chi connectivity index (χ0v) is 18.3. The van der Waals surface area contributed by atoms with Crippen LogP contribution in [0.15, 0.2) is 71.5 Å². The number of hydrogen-bond donors (Lipinski definition) is 2. The fourth-order valence-corrected chi connectivity index (χ4v) is 3.52. The molecule has 0 aliphatic rings. The van der Waals surface area contributed by atoms with E-state index in [1.54, 1.807) is 36.5 Å². The summed E-state index contributed by atoms with van der Waals surface area (Å²) >= 11 is 0. The van der Waals surface area contributed by atoms with Gasteiger partial charge < -0.3 is 15.8 Å². The number of carbonyl (C=O) groups is 1. The summed E-state index contributed by atoms with van der Waals surface area (Å²) in [6, 6.07) is 20.0. The van der Waals surface area contributed by atoms with Crippen LogP contribution in [0.4, 0.5) is 5.82 Å². The molecule has 0 radical (unpaired) electrons. The van der Waals surface area contributed by atoms with Crippen LogP contribution in [0.25, 0.3) is 28.2 Å². The normalized spacial score (nSPS) is 10.7. The van der Waals surface area contributed by atoms with Crippen molar-refractivity contribution in [1.29, 1.82) is 5.26 Å². The first-order chi connectivity index (χ1) is 17.1. The fraction of sp³-hybridized carbons (Fsp3) is 0.0833. The number of nitrogen functional groups attached to an aromatic ring is 1. The predicted molar refractivity (Wildman–Crippen MR) is 126 cm³/mol. The third kappa shape index (κ3) is 4.36. The van der Waals surface area contributed by atoms with E-state index in [9.17, 15) is 4.79 Å². The molecule has 0 bridgehead atoms. The predicted octanol–water partition coefficient (Wildman–Crippen LogP) is 3.49. The van der Waals surface area contributed by atoms with Crippen LogP contribution in [-0.4, -0.2) is 37.3 Å². The Labute approximate surface area is 198 Å². The summed E-state index contributed by atoms with van der Waals surface area (Å²) in [5.41, 5.74) is 8.76. The number of carbonyl (C=O) groups excluding carboxylic acids is 1. The van der Waals surface area contributed by atoms with Crippen molar-refractivity contribution in [2.24, 2.45) is 0 Å². The van der Waals surface area contributed by atoms with Crippen molar-refractivity contribution in [1.82, 2.24) is 30.2 Å². The van der Waals surface area contributed by atoms with Crippen LogP contribution in [0.3, 0.4) is 0 Å². The van der Waals surface area contributed by atoms with Crippen molar-refractivity contribution in [3.63, 3.8) is 0 Å². The molecule has 0 unspecified atom stereocenters. The highest BCUT2D eigenvalue weighted by atomic mass is 16.6. The van der Waals surface area contributed by atoms with E-state index in [4.69, 9.17) is 20.4 Å². The van der Waals surface area contributed by atoms with Gasteiger partial charge in [-0.1, -0.05) is 24.3 Å². The molecule has 0 fully saturated rings. The Balaban J connectivity index is 1.52. The molecule has 2 aromatic carbocycles. The first-order valence-electron chi connectivity index (χ1n) is 10.6. The number of nitrogens with two attached hydrogens (primary N) is 1. The smallest absolute Gasteiger partial charge is 0.251 e. The quantitative estimate of drug-likeness (QED) is 0.342. The van der Waals surface area contributed by atoms with Crippen molar-refractivity contribution in [3.05, 3.63) is 72.4 Å². The van der Waals surface area contributed by atoms with E-state index in [1.807, 2.05) is 41.0 Å². The second kappa shape index (κ2) is 9.32. The first-order valence-corrected chi connectivity index (χ1v) is 10.6. The minimum atomic E-state index is -0.292. The van der Waals surface area contributed by atoms with Crippen LogP contribution >= 0.6 is 0 Å². The number of benzene rings is 2. The Morgan fingerprint density at radius 1 is 1.14 bits per heavy atom. The summed E-state index contributed by atoms with van der Waals surface area (Å²) < 4.78 is 12.6. The molecule has 172 valence electrons. The van der Waals surface area contributed by atoms with Gasteiger partial charge in [-0.25, -0.2) is 14.6 Å². The van der Waals surface area contributed by atoms with E-state index in [-0.39, 0.29) is 24.7 Å². The van der Waals surface area contributed by atoms with Gasteiger partial charge >= 0.3 is 0 Å². The maximum Gasteiger partial charge on any atom is 0.251 e. The fourth-order valence-electron chi connectivity index (χ4n) is 3.52. The molecular weight excluding hydrogens is 448 g/mol. The molecule has 11 heteroatoms. The number of ether oxygens (including phenoxy) is 1. The zero-order chi connectivity index (χ0) is 24.2.